The number of rotatable bonds is 5. The topological polar surface area (TPSA) is 79.5 Å². The van der Waals surface area contributed by atoms with Gasteiger partial charge < -0.3 is 14.3 Å². The molecule has 2 aromatic rings. The van der Waals surface area contributed by atoms with Crippen LogP contribution in [-0.4, -0.2) is 51.4 Å². The zero-order valence-electron chi connectivity index (χ0n) is 16.8. The molecule has 1 aromatic heterocycles. The number of hydrogen-bond acceptors (Lipinski definition) is 5. The molecule has 0 saturated carbocycles. The molecule has 7 nitrogen and oxygen atoms in total. The molecule has 2 saturated heterocycles. The van der Waals surface area contributed by atoms with Gasteiger partial charge in [-0.2, -0.15) is 4.98 Å². The van der Waals surface area contributed by atoms with E-state index in [2.05, 4.69) is 10.1 Å². The molecule has 29 heavy (non-hydrogen) atoms. The van der Waals surface area contributed by atoms with Gasteiger partial charge in [0, 0.05) is 38.0 Å². The Bertz CT molecular complexity index is 828. The zero-order valence-corrected chi connectivity index (χ0v) is 16.8. The van der Waals surface area contributed by atoms with Crippen LogP contribution in [0.25, 0.3) is 0 Å². The van der Waals surface area contributed by atoms with Gasteiger partial charge in [-0.25, -0.2) is 0 Å². The highest BCUT2D eigenvalue weighted by molar-refractivity contribution is 5.94. The number of carbonyl (C=O) groups excluding carboxylic acids is 2. The lowest BCUT2D eigenvalue weighted by atomic mass is 10.1. The Morgan fingerprint density at radius 3 is 2.52 bits per heavy atom. The van der Waals surface area contributed by atoms with E-state index in [-0.39, 0.29) is 17.9 Å². The molecule has 2 fully saturated rings. The third-order valence-electron chi connectivity index (χ3n) is 5.83. The molecular formula is C22H28N4O3. The molecule has 1 unspecified atom stereocenters. The second-order valence-corrected chi connectivity index (χ2v) is 7.86. The van der Waals surface area contributed by atoms with Crippen LogP contribution >= 0.6 is 0 Å². The third-order valence-corrected chi connectivity index (χ3v) is 5.83. The summed E-state index contributed by atoms with van der Waals surface area (Å²) < 4.78 is 5.40. The Labute approximate surface area is 171 Å². The van der Waals surface area contributed by atoms with Crippen molar-refractivity contribution in [3.8, 4) is 0 Å². The summed E-state index contributed by atoms with van der Waals surface area (Å²) >= 11 is 0. The average Bonchev–Trinajstić information content (AvgIpc) is 3.34. The lowest BCUT2D eigenvalue weighted by Crippen LogP contribution is -2.32. The lowest BCUT2D eigenvalue weighted by molar-refractivity contribution is -0.131. The molecule has 1 aromatic carbocycles. The van der Waals surface area contributed by atoms with Crippen molar-refractivity contribution in [2.75, 3.05) is 19.6 Å². The number of aryl methyl sites for hydroxylation is 1. The monoisotopic (exact) mass is 396 g/mol. The van der Waals surface area contributed by atoms with Crippen molar-refractivity contribution in [3.63, 3.8) is 0 Å². The van der Waals surface area contributed by atoms with E-state index in [1.807, 2.05) is 40.1 Å². The molecule has 0 bridgehead atoms. The van der Waals surface area contributed by atoms with Gasteiger partial charge in [0.1, 0.15) is 0 Å². The molecular weight excluding hydrogens is 368 g/mol. The van der Waals surface area contributed by atoms with Gasteiger partial charge in [-0.3, -0.25) is 9.59 Å². The highest BCUT2D eigenvalue weighted by Crippen LogP contribution is 2.31. The van der Waals surface area contributed by atoms with Crippen LogP contribution in [0.4, 0.5) is 0 Å². The van der Waals surface area contributed by atoms with E-state index in [1.165, 1.54) is 12.8 Å². The number of benzene rings is 1. The van der Waals surface area contributed by atoms with Crippen molar-refractivity contribution >= 4 is 11.8 Å². The highest BCUT2D eigenvalue weighted by atomic mass is 16.5. The van der Waals surface area contributed by atoms with E-state index < -0.39 is 0 Å². The Balaban J connectivity index is 1.36. The largest absolute Gasteiger partial charge is 0.343 e. The quantitative estimate of drug-likeness (QED) is 0.774. The Hall–Kier alpha value is -2.70. The fraction of sp³-hybridized carbons (Fsp3) is 0.545. The molecule has 3 heterocycles. The summed E-state index contributed by atoms with van der Waals surface area (Å²) in [6, 6.07) is 9.12. The van der Waals surface area contributed by atoms with Crippen molar-refractivity contribution in [2.45, 2.75) is 57.4 Å². The summed E-state index contributed by atoms with van der Waals surface area (Å²) in [6.45, 7) is 2.40. The molecule has 4 rings (SSSR count). The molecule has 0 N–H and O–H groups in total. The minimum absolute atomic E-state index is 0.00390. The number of amides is 2. The second-order valence-electron chi connectivity index (χ2n) is 7.86. The zero-order chi connectivity index (χ0) is 20.1. The van der Waals surface area contributed by atoms with Crippen LogP contribution in [0, 0.1) is 0 Å². The number of likely N-dealkylation sites (tertiary alicyclic amines) is 2. The van der Waals surface area contributed by atoms with E-state index in [1.54, 1.807) is 0 Å². The van der Waals surface area contributed by atoms with Gasteiger partial charge >= 0.3 is 0 Å². The Morgan fingerprint density at radius 2 is 1.76 bits per heavy atom. The van der Waals surface area contributed by atoms with Crippen LogP contribution < -0.4 is 0 Å². The van der Waals surface area contributed by atoms with Crippen molar-refractivity contribution in [1.82, 2.24) is 19.9 Å². The predicted octanol–water partition coefficient (Wildman–Crippen LogP) is 3.38. The lowest BCUT2D eigenvalue weighted by Gasteiger charge is -2.22. The normalized spacial score (nSPS) is 19.9. The van der Waals surface area contributed by atoms with Gasteiger partial charge in [0.15, 0.2) is 5.82 Å². The predicted molar refractivity (Wildman–Crippen MR) is 107 cm³/mol. The maximum atomic E-state index is 12.8. The fourth-order valence-corrected chi connectivity index (χ4v) is 4.22. The average molecular weight is 396 g/mol. The molecule has 0 radical (unpaired) electrons. The molecule has 0 spiro atoms. The van der Waals surface area contributed by atoms with Crippen molar-refractivity contribution in [3.05, 3.63) is 47.6 Å². The first-order chi connectivity index (χ1) is 14.2. The van der Waals surface area contributed by atoms with E-state index in [0.29, 0.717) is 36.7 Å². The van der Waals surface area contributed by atoms with E-state index in [4.69, 9.17) is 4.52 Å². The number of hydrogen-bond donors (Lipinski definition) is 0. The second kappa shape index (κ2) is 9.20. The standard InChI is InChI=1S/C22H28N4O3/c27-20(25-14-6-1-2-7-15-25)13-12-19-23-21(24-29-19)18-11-8-16-26(18)22(28)17-9-4-3-5-10-17/h3-5,9-10,18H,1-2,6-8,11-16H2. The van der Waals surface area contributed by atoms with E-state index in [9.17, 15) is 9.59 Å². The van der Waals surface area contributed by atoms with Crippen molar-refractivity contribution < 1.29 is 14.1 Å². The van der Waals surface area contributed by atoms with Crippen LogP contribution in [0.2, 0.25) is 0 Å². The Morgan fingerprint density at radius 1 is 1.00 bits per heavy atom. The SMILES string of the molecule is O=C(CCc1nc(C2CCCN2C(=O)c2ccccc2)no1)N1CCCCCC1. The van der Waals surface area contributed by atoms with Gasteiger partial charge in [-0.15, -0.1) is 0 Å². The molecule has 154 valence electrons. The number of aromatic nitrogens is 2. The van der Waals surface area contributed by atoms with E-state index >= 15 is 0 Å². The van der Waals surface area contributed by atoms with Crippen LogP contribution in [0.5, 0.6) is 0 Å². The van der Waals surface area contributed by atoms with Crippen molar-refractivity contribution in [2.24, 2.45) is 0 Å². The van der Waals surface area contributed by atoms with E-state index in [0.717, 1.165) is 38.8 Å². The summed E-state index contributed by atoms with van der Waals surface area (Å²) in [5.74, 6) is 1.18. The summed E-state index contributed by atoms with van der Waals surface area (Å²) in [5, 5.41) is 4.13. The van der Waals surface area contributed by atoms with Crippen LogP contribution in [0.3, 0.4) is 0 Å². The van der Waals surface area contributed by atoms with Crippen LogP contribution in [0.15, 0.2) is 34.9 Å². The minimum Gasteiger partial charge on any atom is -0.343 e. The third kappa shape index (κ3) is 4.66. The van der Waals surface area contributed by atoms with Gasteiger partial charge in [0.25, 0.3) is 5.91 Å². The first-order valence-electron chi connectivity index (χ1n) is 10.7. The fourth-order valence-electron chi connectivity index (χ4n) is 4.22. The molecule has 0 aliphatic carbocycles. The maximum Gasteiger partial charge on any atom is 0.254 e. The van der Waals surface area contributed by atoms with Gasteiger partial charge in [-0.05, 0) is 37.8 Å². The maximum absolute atomic E-state index is 12.8. The molecule has 2 amide bonds. The summed E-state index contributed by atoms with van der Waals surface area (Å²) in [6.07, 6.45) is 7.16. The van der Waals surface area contributed by atoms with Gasteiger partial charge in [0.05, 0.1) is 6.04 Å². The molecule has 2 aliphatic rings. The summed E-state index contributed by atoms with van der Waals surface area (Å²) in [5.41, 5.74) is 0.672. The summed E-state index contributed by atoms with van der Waals surface area (Å²) in [7, 11) is 0. The van der Waals surface area contributed by atoms with Crippen molar-refractivity contribution in [1.29, 1.82) is 0 Å². The smallest absolute Gasteiger partial charge is 0.254 e. The highest BCUT2D eigenvalue weighted by Gasteiger charge is 2.34. The molecule has 7 heteroatoms. The number of nitrogens with zero attached hydrogens (tertiary/aromatic N) is 4. The molecule has 2 aliphatic heterocycles. The first-order valence-corrected chi connectivity index (χ1v) is 10.7. The summed E-state index contributed by atoms with van der Waals surface area (Å²) in [4.78, 5) is 33.6. The minimum atomic E-state index is -0.165. The Kier molecular flexibility index (Phi) is 6.22. The van der Waals surface area contributed by atoms with Gasteiger partial charge in [-0.1, -0.05) is 36.2 Å². The van der Waals surface area contributed by atoms with Crippen LogP contribution in [0.1, 0.15) is 73.1 Å². The first kappa shape index (κ1) is 19.6. The molecule has 1 atom stereocenters. The van der Waals surface area contributed by atoms with Crippen LogP contribution in [-0.2, 0) is 11.2 Å². The number of carbonyl (C=O) groups is 2. The van der Waals surface area contributed by atoms with Gasteiger partial charge in [0.2, 0.25) is 11.8 Å².